The number of ether oxygens (including phenoxy) is 4. The molecule has 2 aromatic carbocycles. The van der Waals surface area contributed by atoms with Gasteiger partial charge in [0.05, 0.1) is 32.4 Å². The van der Waals surface area contributed by atoms with Gasteiger partial charge in [-0.05, 0) is 47.0 Å². The SMILES string of the molecule is CC1(C)OCc2cc(C(=O)CN=[N+]=[N-])ccc2O1.CC1(C)OCc2cc(C(O)CN=[N+]=[N-])ccc2O1. The Bertz CT molecular complexity index is 1220. The van der Waals surface area contributed by atoms with Crippen LogP contribution < -0.4 is 9.47 Å². The normalized spacial score (nSPS) is 17.1. The van der Waals surface area contributed by atoms with Gasteiger partial charge in [-0.1, -0.05) is 16.3 Å². The molecule has 0 amide bonds. The van der Waals surface area contributed by atoms with Crippen molar-refractivity contribution in [3.05, 3.63) is 79.5 Å². The van der Waals surface area contributed by atoms with Crippen LogP contribution >= 0.6 is 0 Å². The molecule has 0 fully saturated rings. The van der Waals surface area contributed by atoms with Crippen molar-refractivity contribution in [1.29, 1.82) is 0 Å². The summed E-state index contributed by atoms with van der Waals surface area (Å²) in [5.41, 5.74) is 19.3. The van der Waals surface area contributed by atoms with Gasteiger partial charge >= 0.3 is 0 Å². The Morgan fingerprint density at radius 2 is 1.50 bits per heavy atom. The fourth-order valence-corrected chi connectivity index (χ4v) is 3.48. The summed E-state index contributed by atoms with van der Waals surface area (Å²) in [4.78, 5) is 16.9. The number of aliphatic hydroxyl groups is 1. The molecule has 4 rings (SSSR count). The van der Waals surface area contributed by atoms with Crippen molar-refractivity contribution >= 4 is 5.78 Å². The van der Waals surface area contributed by atoms with Gasteiger partial charge in [-0.25, -0.2) is 0 Å². The summed E-state index contributed by atoms with van der Waals surface area (Å²) in [6, 6.07) is 10.5. The van der Waals surface area contributed by atoms with Crippen molar-refractivity contribution in [3.63, 3.8) is 0 Å². The molecule has 0 radical (unpaired) electrons. The van der Waals surface area contributed by atoms with Crippen LogP contribution in [0, 0.1) is 0 Å². The minimum absolute atomic E-state index is 0.0164. The molecule has 0 spiro atoms. The van der Waals surface area contributed by atoms with E-state index >= 15 is 0 Å². The van der Waals surface area contributed by atoms with E-state index in [0.717, 1.165) is 16.9 Å². The predicted octanol–water partition coefficient (Wildman–Crippen LogP) is 5.50. The molecular weight excluding hydrogens is 468 g/mol. The standard InChI is InChI=1S/C12H15N3O3.C12H13N3O3/c2*1-12(2)17-7-9-5-8(3-4-11(9)18-12)10(16)6-14-15-13/h3-5,10,16H,6-7H2,1-2H3;3-5H,6-7H2,1-2H3. The molecule has 1 atom stereocenters. The Morgan fingerprint density at radius 3 is 2.08 bits per heavy atom. The Kier molecular flexibility index (Phi) is 8.41. The highest BCUT2D eigenvalue weighted by atomic mass is 16.7. The van der Waals surface area contributed by atoms with Crippen molar-refractivity contribution in [2.24, 2.45) is 10.2 Å². The van der Waals surface area contributed by atoms with Crippen LogP contribution in [0.25, 0.3) is 20.9 Å². The van der Waals surface area contributed by atoms with Gasteiger partial charge in [0.2, 0.25) is 11.6 Å². The zero-order valence-electron chi connectivity index (χ0n) is 20.5. The number of nitrogens with zero attached hydrogens (tertiary/aromatic N) is 6. The van der Waals surface area contributed by atoms with E-state index in [2.05, 4.69) is 20.1 Å². The summed E-state index contributed by atoms with van der Waals surface area (Å²) in [7, 11) is 0. The second kappa shape index (κ2) is 11.3. The number of hydrogen-bond acceptors (Lipinski definition) is 8. The van der Waals surface area contributed by atoms with E-state index < -0.39 is 17.7 Å². The van der Waals surface area contributed by atoms with E-state index in [1.807, 2.05) is 33.8 Å². The monoisotopic (exact) mass is 496 g/mol. The molecule has 0 aliphatic carbocycles. The Labute approximate surface area is 208 Å². The molecule has 2 aliphatic rings. The summed E-state index contributed by atoms with van der Waals surface area (Å²) in [6.45, 7) is 8.02. The second-order valence-electron chi connectivity index (χ2n) is 9.01. The first-order valence-electron chi connectivity index (χ1n) is 11.2. The highest BCUT2D eigenvalue weighted by Crippen LogP contribution is 2.33. The maximum Gasteiger partial charge on any atom is 0.205 e. The van der Waals surface area contributed by atoms with E-state index in [1.165, 1.54) is 0 Å². The minimum atomic E-state index is -0.805. The Morgan fingerprint density at radius 1 is 0.944 bits per heavy atom. The predicted molar refractivity (Wildman–Crippen MR) is 129 cm³/mol. The molecule has 0 aromatic heterocycles. The Balaban J connectivity index is 0.000000201. The molecule has 2 aromatic rings. The summed E-state index contributed by atoms with van der Waals surface area (Å²) in [5, 5.41) is 16.4. The average molecular weight is 497 g/mol. The van der Waals surface area contributed by atoms with Crippen molar-refractivity contribution in [1.82, 2.24) is 0 Å². The van der Waals surface area contributed by atoms with Crippen molar-refractivity contribution < 1.29 is 28.8 Å². The zero-order chi connectivity index (χ0) is 26.3. The van der Waals surface area contributed by atoms with Crippen LogP contribution in [0.3, 0.4) is 0 Å². The molecule has 12 heteroatoms. The zero-order valence-corrected chi connectivity index (χ0v) is 20.5. The molecule has 0 saturated carbocycles. The molecule has 2 heterocycles. The first kappa shape index (κ1) is 26.8. The molecule has 190 valence electrons. The molecule has 0 bridgehead atoms. The van der Waals surface area contributed by atoms with Crippen LogP contribution in [-0.2, 0) is 22.7 Å². The van der Waals surface area contributed by atoms with Crippen LogP contribution in [0.15, 0.2) is 46.6 Å². The molecule has 0 saturated heterocycles. The van der Waals surface area contributed by atoms with Gasteiger partial charge in [-0.3, -0.25) is 4.79 Å². The van der Waals surface area contributed by atoms with E-state index in [0.29, 0.717) is 30.1 Å². The lowest BCUT2D eigenvalue weighted by atomic mass is 10.0. The van der Waals surface area contributed by atoms with Crippen LogP contribution in [0.2, 0.25) is 0 Å². The minimum Gasteiger partial charge on any atom is -0.463 e. The summed E-state index contributed by atoms with van der Waals surface area (Å²) < 4.78 is 22.3. The summed E-state index contributed by atoms with van der Waals surface area (Å²) >= 11 is 0. The average Bonchev–Trinajstić information content (AvgIpc) is 2.84. The third-order valence-electron chi connectivity index (χ3n) is 5.31. The summed E-state index contributed by atoms with van der Waals surface area (Å²) in [5.74, 6) is -0.0278. The van der Waals surface area contributed by atoms with Gasteiger partial charge < -0.3 is 24.1 Å². The molecule has 12 nitrogen and oxygen atoms in total. The quantitative estimate of drug-likeness (QED) is 0.239. The molecule has 1 unspecified atom stereocenters. The van der Waals surface area contributed by atoms with Crippen molar-refractivity contribution in [3.8, 4) is 11.5 Å². The maximum absolute atomic E-state index is 11.7. The van der Waals surface area contributed by atoms with Gasteiger partial charge in [0.25, 0.3) is 0 Å². The van der Waals surface area contributed by atoms with E-state index in [4.69, 9.17) is 30.0 Å². The lowest BCUT2D eigenvalue weighted by Gasteiger charge is -2.32. The van der Waals surface area contributed by atoms with E-state index in [1.54, 1.807) is 30.3 Å². The molecule has 2 aliphatic heterocycles. The van der Waals surface area contributed by atoms with Crippen LogP contribution in [0.1, 0.15) is 60.8 Å². The number of hydrogen-bond donors (Lipinski definition) is 1. The number of carbonyl (C=O) groups excluding carboxylic acids is 1. The molecule has 1 N–H and O–H groups in total. The number of fused-ring (bicyclic) bond motifs is 2. The summed E-state index contributed by atoms with van der Waals surface area (Å²) in [6.07, 6.45) is -0.805. The van der Waals surface area contributed by atoms with Crippen molar-refractivity contribution in [2.45, 2.75) is 58.6 Å². The van der Waals surface area contributed by atoms with Gasteiger partial charge in [0.15, 0.2) is 5.78 Å². The van der Waals surface area contributed by atoms with Gasteiger partial charge in [-0.15, -0.1) is 0 Å². The smallest absolute Gasteiger partial charge is 0.205 e. The fourth-order valence-electron chi connectivity index (χ4n) is 3.48. The van der Waals surface area contributed by atoms with Gasteiger partial charge in [-0.2, -0.15) is 0 Å². The number of benzene rings is 2. The fraction of sp³-hybridized carbons (Fsp3) is 0.458. The van der Waals surface area contributed by atoms with Crippen LogP contribution in [0.4, 0.5) is 0 Å². The lowest BCUT2D eigenvalue weighted by molar-refractivity contribution is -0.180. The first-order valence-corrected chi connectivity index (χ1v) is 11.2. The Hall–Kier alpha value is -3.79. The highest BCUT2D eigenvalue weighted by molar-refractivity contribution is 5.98. The number of azide groups is 2. The van der Waals surface area contributed by atoms with Crippen LogP contribution in [-0.4, -0.2) is 35.6 Å². The number of rotatable bonds is 6. The first-order chi connectivity index (χ1) is 17.0. The number of Topliss-reactive ketones (excluding diaryl/α,β-unsaturated/α-hetero) is 1. The molecular formula is C24H28N6O6. The van der Waals surface area contributed by atoms with Crippen LogP contribution in [0.5, 0.6) is 11.5 Å². The van der Waals surface area contributed by atoms with Gasteiger partial charge in [0, 0.05) is 54.2 Å². The van der Waals surface area contributed by atoms with Gasteiger partial charge in [0.1, 0.15) is 11.5 Å². The molecule has 36 heavy (non-hydrogen) atoms. The van der Waals surface area contributed by atoms with E-state index in [-0.39, 0.29) is 18.9 Å². The third-order valence-corrected chi connectivity index (χ3v) is 5.31. The number of aliphatic hydroxyl groups excluding tert-OH is 1. The largest absolute Gasteiger partial charge is 0.463 e. The topological polar surface area (TPSA) is 172 Å². The van der Waals surface area contributed by atoms with E-state index in [9.17, 15) is 9.90 Å². The lowest BCUT2D eigenvalue weighted by Crippen LogP contribution is -2.35. The number of ketones is 1. The second-order valence-corrected chi connectivity index (χ2v) is 9.01. The third kappa shape index (κ3) is 7.11. The maximum atomic E-state index is 11.7. The highest BCUT2D eigenvalue weighted by Gasteiger charge is 2.28. The number of carbonyl (C=O) groups is 1. The van der Waals surface area contributed by atoms with Crippen molar-refractivity contribution in [2.75, 3.05) is 13.1 Å².